The van der Waals surface area contributed by atoms with Gasteiger partial charge in [-0.3, -0.25) is 4.79 Å². The maximum absolute atomic E-state index is 11.9. The number of carbonyl (C=O) groups is 1. The lowest BCUT2D eigenvalue weighted by molar-refractivity contribution is 0.102. The predicted molar refractivity (Wildman–Crippen MR) is 75.8 cm³/mol. The van der Waals surface area contributed by atoms with Gasteiger partial charge >= 0.3 is 5.63 Å². The van der Waals surface area contributed by atoms with Crippen molar-refractivity contribution in [2.75, 3.05) is 5.32 Å². The molecule has 0 aliphatic carbocycles. The highest BCUT2D eigenvalue weighted by Gasteiger charge is 2.14. The Balaban J connectivity index is 2.33. The fourth-order valence-electron chi connectivity index (χ4n) is 1.46. The maximum atomic E-state index is 11.9. The lowest BCUT2D eigenvalue weighted by Gasteiger charge is -2.08. The van der Waals surface area contributed by atoms with Crippen LogP contribution in [0, 0.1) is 0 Å². The molecule has 0 fully saturated rings. The molecule has 0 spiro atoms. The number of sulfonamides is 1. The molecule has 0 saturated carbocycles. The van der Waals surface area contributed by atoms with Gasteiger partial charge in [0.2, 0.25) is 10.0 Å². The smallest absolute Gasteiger partial charge is 0.335 e. The second-order valence-electron chi connectivity index (χ2n) is 3.98. The van der Waals surface area contributed by atoms with Gasteiger partial charge in [-0.05, 0) is 24.3 Å². The number of nitrogens with two attached hydrogens (primary N) is 1. The van der Waals surface area contributed by atoms with Crippen molar-refractivity contribution in [2.24, 2.45) is 5.14 Å². The Labute approximate surface area is 124 Å². The van der Waals surface area contributed by atoms with Crippen LogP contribution in [0.3, 0.4) is 0 Å². The molecular weight excluding hydrogens is 320 g/mol. The van der Waals surface area contributed by atoms with Crippen LogP contribution in [0.25, 0.3) is 0 Å². The zero-order valence-electron chi connectivity index (χ0n) is 10.4. The van der Waals surface area contributed by atoms with Crippen LogP contribution < -0.4 is 16.1 Å². The maximum Gasteiger partial charge on any atom is 0.335 e. The van der Waals surface area contributed by atoms with Crippen molar-refractivity contribution in [3.8, 4) is 0 Å². The lowest BCUT2D eigenvalue weighted by atomic mass is 10.2. The van der Waals surface area contributed by atoms with E-state index >= 15 is 0 Å². The van der Waals surface area contributed by atoms with Crippen LogP contribution in [-0.2, 0) is 10.0 Å². The highest BCUT2D eigenvalue weighted by Crippen LogP contribution is 2.25. The fraction of sp³-hybridized carbons (Fsp3) is 0. The number of primary sulfonamides is 1. The largest absolute Gasteiger partial charge is 0.430 e. The van der Waals surface area contributed by atoms with Gasteiger partial charge in [0.05, 0.1) is 21.2 Å². The van der Waals surface area contributed by atoms with E-state index in [1.807, 2.05) is 0 Å². The van der Waals surface area contributed by atoms with Crippen LogP contribution in [0.4, 0.5) is 5.69 Å². The molecule has 1 aromatic carbocycles. The van der Waals surface area contributed by atoms with Crippen molar-refractivity contribution >= 4 is 33.2 Å². The summed E-state index contributed by atoms with van der Waals surface area (Å²) in [7, 11) is -3.92. The first-order valence-electron chi connectivity index (χ1n) is 5.50. The van der Waals surface area contributed by atoms with Crippen molar-refractivity contribution in [1.82, 2.24) is 0 Å². The predicted octanol–water partition coefficient (Wildman–Crippen LogP) is 1.19. The van der Waals surface area contributed by atoms with Gasteiger partial charge in [-0.15, -0.1) is 0 Å². The minimum Gasteiger partial charge on any atom is -0.430 e. The summed E-state index contributed by atoms with van der Waals surface area (Å²) in [5.41, 5.74) is -0.452. The van der Waals surface area contributed by atoms with Crippen molar-refractivity contribution in [3.05, 3.63) is 57.6 Å². The molecule has 1 heterocycles. The normalized spacial score (nSPS) is 11.1. The second-order valence-corrected chi connectivity index (χ2v) is 5.95. The zero-order chi connectivity index (χ0) is 15.6. The third-order valence-electron chi connectivity index (χ3n) is 2.48. The Bertz CT molecular complexity index is 840. The average Bonchev–Trinajstić information content (AvgIpc) is 2.40. The molecule has 1 aromatic heterocycles. The molecule has 9 heteroatoms. The Morgan fingerprint density at radius 3 is 2.52 bits per heavy atom. The van der Waals surface area contributed by atoms with Crippen LogP contribution in [-0.4, -0.2) is 14.3 Å². The van der Waals surface area contributed by atoms with Crippen LogP contribution in [0.1, 0.15) is 10.4 Å². The van der Waals surface area contributed by atoms with Crippen LogP contribution in [0.5, 0.6) is 0 Å². The van der Waals surface area contributed by atoms with Crippen LogP contribution >= 0.6 is 11.6 Å². The van der Waals surface area contributed by atoms with Crippen LogP contribution in [0.15, 0.2) is 50.7 Å². The molecule has 0 aliphatic rings. The van der Waals surface area contributed by atoms with E-state index in [2.05, 4.69) is 9.73 Å². The number of hydrogen-bond donors (Lipinski definition) is 2. The van der Waals surface area contributed by atoms with E-state index in [1.165, 1.54) is 18.2 Å². The molecular formula is C12H9ClN2O5S. The first kappa shape index (κ1) is 15.2. The molecule has 0 saturated heterocycles. The molecule has 110 valence electrons. The van der Waals surface area contributed by atoms with E-state index < -0.39 is 21.6 Å². The summed E-state index contributed by atoms with van der Waals surface area (Å²) >= 11 is 5.88. The zero-order valence-corrected chi connectivity index (χ0v) is 11.9. The van der Waals surface area contributed by atoms with Crippen molar-refractivity contribution in [3.63, 3.8) is 0 Å². The summed E-state index contributed by atoms with van der Waals surface area (Å²) in [6.45, 7) is 0. The highest BCUT2D eigenvalue weighted by atomic mass is 35.5. The highest BCUT2D eigenvalue weighted by molar-refractivity contribution is 7.89. The van der Waals surface area contributed by atoms with Gasteiger partial charge in [0, 0.05) is 6.07 Å². The van der Waals surface area contributed by atoms with E-state index in [0.717, 1.165) is 18.4 Å². The number of hydrogen-bond acceptors (Lipinski definition) is 5. The summed E-state index contributed by atoms with van der Waals surface area (Å²) in [6, 6.07) is 5.99. The van der Waals surface area contributed by atoms with E-state index in [4.69, 9.17) is 16.7 Å². The number of anilines is 1. The first-order valence-corrected chi connectivity index (χ1v) is 7.42. The minimum atomic E-state index is -3.92. The Morgan fingerprint density at radius 2 is 1.95 bits per heavy atom. The van der Waals surface area contributed by atoms with Crippen molar-refractivity contribution < 1.29 is 17.6 Å². The van der Waals surface area contributed by atoms with Gasteiger partial charge in [0.1, 0.15) is 6.26 Å². The molecule has 2 rings (SSSR count). The standard InChI is InChI=1S/C12H9ClN2O5S/c13-9-3-2-8(21(14,18)19)5-10(9)15-12(17)7-1-4-11(16)20-6-7/h1-6H,(H,15,17)(H2,14,18,19). The Morgan fingerprint density at radius 1 is 1.24 bits per heavy atom. The van der Waals surface area contributed by atoms with Gasteiger partial charge < -0.3 is 9.73 Å². The summed E-state index contributed by atoms with van der Waals surface area (Å²) in [6.07, 6.45) is 0.981. The molecule has 0 bridgehead atoms. The average molecular weight is 329 g/mol. The van der Waals surface area contributed by atoms with Gasteiger partial charge in [0.15, 0.2) is 0 Å². The molecule has 7 nitrogen and oxygen atoms in total. The quantitative estimate of drug-likeness (QED) is 0.877. The molecule has 2 aromatic rings. The molecule has 3 N–H and O–H groups in total. The topological polar surface area (TPSA) is 119 Å². The summed E-state index contributed by atoms with van der Waals surface area (Å²) in [5.74, 6) is -0.618. The van der Waals surface area contributed by atoms with Gasteiger partial charge in [-0.2, -0.15) is 0 Å². The van der Waals surface area contributed by atoms with E-state index in [1.54, 1.807) is 0 Å². The lowest BCUT2D eigenvalue weighted by Crippen LogP contribution is -2.15. The number of benzene rings is 1. The molecule has 1 amide bonds. The van der Waals surface area contributed by atoms with Crippen molar-refractivity contribution in [2.45, 2.75) is 4.90 Å². The van der Waals surface area contributed by atoms with E-state index in [0.29, 0.717) is 0 Å². The summed E-state index contributed by atoms with van der Waals surface area (Å²) < 4.78 is 27.1. The second kappa shape index (κ2) is 5.68. The monoisotopic (exact) mass is 328 g/mol. The molecule has 0 unspecified atom stereocenters. The first-order chi connectivity index (χ1) is 9.77. The molecule has 0 radical (unpaired) electrons. The fourth-order valence-corrected chi connectivity index (χ4v) is 2.16. The number of carbonyl (C=O) groups excluding carboxylic acids is 1. The number of halogens is 1. The number of nitrogens with one attached hydrogen (secondary N) is 1. The molecule has 21 heavy (non-hydrogen) atoms. The summed E-state index contributed by atoms with van der Waals surface area (Å²) in [5, 5.41) is 7.54. The number of rotatable bonds is 3. The van der Waals surface area contributed by atoms with Gasteiger partial charge in [-0.1, -0.05) is 11.6 Å². The van der Waals surface area contributed by atoms with E-state index in [9.17, 15) is 18.0 Å². The van der Waals surface area contributed by atoms with Gasteiger partial charge in [-0.25, -0.2) is 18.4 Å². The molecule has 0 aliphatic heterocycles. The van der Waals surface area contributed by atoms with Gasteiger partial charge in [0.25, 0.3) is 5.91 Å². The Kier molecular flexibility index (Phi) is 4.12. The SMILES string of the molecule is NS(=O)(=O)c1ccc(Cl)c(NC(=O)c2ccc(=O)oc2)c1. The minimum absolute atomic E-state index is 0.0689. The Hall–Kier alpha value is -2.16. The number of amides is 1. The van der Waals surface area contributed by atoms with Crippen LogP contribution in [0.2, 0.25) is 5.02 Å². The molecule has 0 atom stereocenters. The van der Waals surface area contributed by atoms with E-state index in [-0.39, 0.29) is 21.2 Å². The third-order valence-corrected chi connectivity index (χ3v) is 3.72. The summed E-state index contributed by atoms with van der Waals surface area (Å²) in [4.78, 5) is 22.5. The van der Waals surface area contributed by atoms with Crippen molar-refractivity contribution in [1.29, 1.82) is 0 Å². The third kappa shape index (κ3) is 3.69.